The average Bonchev–Trinajstić information content (AvgIpc) is 2.56. The van der Waals surface area contributed by atoms with E-state index in [9.17, 15) is 14.0 Å². The molecule has 0 fully saturated rings. The first-order valence-corrected chi connectivity index (χ1v) is 8.09. The molecule has 25 heavy (non-hydrogen) atoms. The van der Waals surface area contributed by atoms with E-state index in [2.05, 4.69) is 15.6 Å². The number of unbranched alkanes of at least 4 members (excludes halogenated alkanes) is 2. The van der Waals surface area contributed by atoms with Crippen LogP contribution < -0.4 is 16.4 Å². The highest BCUT2D eigenvalue weighted by molar-refractivity contribution is 5.93. The Labute approximate surface area is 145 Å². The van der Waals surface area contributed by atoms with Gasteiger partial charge in [-0.15, -0.1) is 0 Å². The van der Waals surface area contributed by atoms with Gasteiger partial charge in [-0.2, -0.15) is 0 Å². The first-order valence-electron chi connectivity index (χ1n) is 8.09. The maximum Gasteiger partial charge on any atom is 0.224 e. The number of pyridine rings is 1. The highest BCUT2D eigenvalue weighted by Crippen LogP contribution is 2.17. The van der Waals surface area contributed by atoms with Crippen LogP contribution in [0.5, 0.6) is 0 Å². The van der Waals surface area contributed by atoms with Crippen molar-refractivity contribution in [2.24, 2.45) is 0 Å². The summed E-state index contributed by atoms with van der Waals surface area (Å²) in [6, 6.07) is 8.29. The SMILES string of the molecule is Nc1ccccc1NC(=O)CCCCCC(=O)Nc1cncc(F)c1. The lowest BCUT2D eigenvalue weighted by Crippen LogP contribution is -2.13. The summed E-state index contributed by atoms with van der Waals surface area (Å²) in [7, 11) is 0. The Kier molecular flexibility index (Phi) is 6.88. The molecule has 0 unspecified atom stereocenters. The Hall–Kier alpha value is -2.96. The largest absolute Gasteiger partial charge is 0.397 e. The van der Waals surface area contributed by atoms with Crippen molar-refractivity contribution in [1.82, 2.24) is 4.98 Å². The van der Waals surface area contributed by atoms with Crippen LogP contribution in [0.1, 0.15) is 32.1 Å². The van der Waals surface area contributed by atoms with E-state index in [1.807, 2.05) is 0 Å². The zero-order valence-electron chi connectivity index (χ0n) is 13.8. The Balaban J connectivity index is 1.60. The number of benzene rings is 1. The maximum atomic E-state index is 13.0. The minimum atomic E-state index is -0.497. The van der Waals surface area contributed by atoms with Crippen molar-refractivity contribution in [3.8, 4) is 0 Å². The van der Waals surface area contributed by atoms with E-state index in [0.29, 0.717) is 42.7 Å². The number of nitrogens with two attached hydrogens (primary N) is 1. The molecular formula is C18H21FN4O2. The number of carbonyl (C=O) groups is 2. The van der Waals surface area contributed by atoms with Gasteiger partial charge < -0.3 is 16.4 Å². The minimum absolute atomic E-state index is 0.104. The molecule has 2 rings (SSSR count). The summed E-state index contributed by atoms with van der Waals surface area (Å²) in [6.07, 6.45) is 5.20. The number of amides is 2. The summed E-state index contributed by atoms with van der Waals surface area (Å²) in [5.41, 5.74) is 7.24. The molecule has 1 aromatic carbocycles. The van der Waals surface area contributed by atoms with Crippen LogP contribution in [0.3, 0.4) is 0 Å². The van der Waals surface area contributed by atoms with Crippen LogP contribution in [0.25, 0.3) is 0 Å². The van der Waals surface area contributed by atoms with Crippen LogP contribution >= 0.6 is 0 Å². The molecule has 132 valence electrons. The lowest BCUT2D eigenvalue weighted by Gasteiger charge is -2.08. The second-order valence-electron chi connectivity index (χ2n) is 5.64. The molecule has 0 bridgehead atoms. The summed E-state index contributed by atoms with van der Waals surface area (Å²) in [6.45, 7) is 0. The van der Waals surface area contributed by atoms with Crippen LogP contribution in [-0.2, 0) is 9.59 Å². The van der Waals surface area contributed by atoms with Gasteiger partial charge in [0.25, 0.3) is 0 Å². The summed E-state index contributed by atoms with van der Waals surface area (Å²) in [4.78, 5) is 27.3. The molecule has 0 aliphatic rings. The molecule has 4 N–H and O–H groups in total. The van der Waals surface area contributed by atoms with Gasteiger partial charge in [-0.05, 0) is 25.0 Å². The Bertz CT molecular complexity index is 737. The van der Waals surface area contributed by atoms with Gasteiger partial charge in [0.2, 0.25) is 11.8 Å². The highest BCUT2D eigenvalue weighted by Gasteiger charge is 2.06. The average molecular weight is 344 g/mol. The van der Waals surface area contributed by atoms with Gasteiger partial charge in [-0.3, -0.25) is 14.6 Å². The van der Waals surface area contributed by atoms with Gasteiger partial charge in [0.05, 0.1) is 29.5 Å². The van der Waals surface area contributed by atoms with Crippen LogP contribution in [0, 0.1) is 5.82 Å². The number of halogens is 1. The molecule has 0 aliphatic carbocycles. The van der Waals surface area contributed by atoms with E-state index in [1.54, 1.807) is 24.3 Å². The third kappa shape index (κ3) is 6.58. The Morgan fingerprint density at radius 2 is 1.68 bits per heavy atom. The quantitative estimate of drug-likeness (QED) is 0.505. The third-order valence-electron chi connectivity index (χ3n) is 3.53. The van der Waals surface area contributed by atoms with Gasteiger partial charge in [0.15, 0.2) is 0 Å². The first-order chi connectivity index (χ1) is 12.0. The number of nitrogens with zero attached hydrogens (tertiary/aromatic N) is 1. The van der Waals surface area contributed by atoms with E-state index in [4.69, 9.17) is 5.73 Å². The van der Waals surface area contributed by atoms with Gasteiger partial charge in [0, 0.05) is 18.9 Å². The molecule has 0 spiro atoms. The van der Waals surface area contributed by atoms with Crippen molar-refractivity contribution in [3.05, 3.63) is 48.5 Å². The molecule has 0 saturated heterocycles. The molecule has 2 aromatic rings. The molecule has 6 nitrogen and oxygen atoms in total. The Morgan fingerprint density at radius 3 is 2.36 bits per heavy atom. The van der Waals surface area contributed by atoms with Crippen molar-refractivity contribution in [1.29, 1.82) is 0 Å². The monoisotopic (exact) mass is 344 g/mol. The van der Waals surface area contributed by atoms with E-state index in [0.717, 1.165) is 12.6 Å². The number of hydrogen-bond donors (Lipinski definition) is 3. The summed E-state index contributed by atoms with van der Waals surface area (Å²) >= 11 is 0. The van der Waals surface area contributed by atoms with Gasteiger partial charge >= 0.3 is 0 Å². The Morgan fingerprint density at radius 1 is 1.00 bits per heavy atom. The highest BCUT2D eigenvalue weighted by atomic mass is 19.1. The van der Waals surface area contributed by atoms with E-state index in [-0.39, 0.29) is 11.8 Å². The zero-order valence-corrected chi connectivity index (χ0v) is 13.8. The second kappa shape index (κ2) is 9.36. The molecule has 0 atom stereocenters. The fraction of sp³-hybridized carbons (Fsp3) is 0.278. The number of carbonyl (C=O) groups excluding carboxylic acids is 2. The number of anilines is 3. The fourth-order valence-corrected chi connectivity index (χ4v) is 2.28. The molecule has 7 heteroatoms. The molecular weight excluding hydrogens is 323 g/mol. The van der Waals surface area contributed by atoms with Crippen LogP contribution in [0.4, 0.5) is 21.5 Å². The topological polar surface area (TPSA) is 97.1 Å². The van der Waals surface area contributed by atoms with Crippen LogP contribution in [-0.4, -0.2) is 16.8 Å². The molecule has 0 saturated carbocycles. The van der Waals surface area contributed by atoms with Gasteiger partial charge in [-0.25, -0.2) is 4.39 Å². The third-order valence-corrected chi connectivity index (χ3v) is 3.53. The molecule has 2 amide bonds. The number of nitrogens with one attached hydrogen (secondary N) is 2. The number of rotatable bonds is 8. The van der Waals surface area contributed by atoms with E-state index in [1.165, 1.54) is 12.3 Å². The molecule has 0 radical (unpaired) electrons. The van der Waals surface area contributed by atoms with Crippen LogP contribution in [0.2, 0.25) is 0 Å². The predicted octanol–water partition coefficient (Wildman–Crippen LogP) is 3.33. The van der Waals surface area contributed by atoms with Crippen molar-refractivity contribution >= 4 is 28.9 Å². The van der Waals surface area contributed by atoms with Crippen molar-refractivity contribution in [2.45, 2.75) is 32.1 Å². The first kappa shape index (κ1) is 18.4. The lowest BCUT2D eigenvalue weighted by molar-refractivity contribution is -0.116. The number of para-hydroxylation sites is 2. The normalized spacial score (nSPS) is 10.3. The predicted molar refractivity (Wildman–Crippen MR) is 95.4 cm³/mol. The maximum absolute atomic E-state index is 13.0. The smallest absolute Gasteiger partial charge is 0.224 e. The summed E-state index contributed by atoms with van der Waals surface area (Å²) in [5, 5.41) is 5.35. The van der Waals surface area contributed by atoms with Gasteiger partial charge in [0.1, 0.15) is 5.82 Å². The molecule has 0 aliphatic heterocycles. The fourth-order valence-electron chi connectivity index (χ4n) is 2.28. The van der Waals surface area contributed by atoms with Crippen LogP contribution in [0.15, 0.2) is 42.7 Å². The van der Waals surface area contributed by atoms with E-state index < -0.39 is 5.82 Å². The minimum Gasteiger partial charge on any atom is -0.397 e. The van der Waals surface area contributed by atoms with Crippen molar-refractivity contribution < 1.29 is 14.0 Å². The second-order valence-corrected chi connectivity index (χ2v) is 5.64. The van der Waals surface area contributed by atoms with Crippen molar-refractivity contribution in [2.75, 3.05) is 16.4 Å². The summed E-state index contributed by atoms with van der Waals surface area (Å²) < 4.78 is 13.0. The van der Waals surface area contributed by atoms with Gasteiger partial charge in [-0.1, -0.05) is 18.6 Å². The molecule has 1 heterocycles. The lowest BCUT2D eigenvalue weighted by atomic mass is 10.1. The standard InChI is InChI=1S/C18H21FN4O2/c19-13-10-14(12-21-11-13)22-17(24)8-2-1-3-9-18(25)23-16-7-5-4-6-15(16)20/h4-7,10-12H,1-3,8-9,20H2,(H,22,24)(H,23,25). The molecule has 1 aromatic heterocycles. The van der Waals surface area contributed by atoms with E-state index >= 15 is 0 Å². The number of aromatic nitrogens is 1. The van der Waals surface area contributed by atoms with Crippen molar-refractivity contribution in [3.63, 3.8) is 0 Å². The number of nitrogen functional groups attached to an aromatic ring is 1. The number of hydrogen-bond acceptors (Lipinski definition) is 4. The summed E-state index contributed by atoms with van der Waals surface area (Å²) in [5.74, 6) is -0.801. The zero-order chi connectivity index (χ0) is 18.1.